The highest BCUT2D eigenvalue weighted by molar-refractivity contribution is 7.92. The first-order chi connectivity index (χ1) is 35.8. The first-order valence-corrected chi connectivity index (χ1v) is 26.8. The van der Waals surface area contributed by atoms with Crippen molar-refractivity contribution in [1.82, 2.24) is 44.9 Å². The van der Waals surface area contributed by atoms with E-state index in [2.05, 4.69) is 30.7 Å². The third-order valence-electron chi connectivity index (χ3n) is 12.7. The van der Waals surface area contributed by atoms with Crippen LogP contribution >= 0.6 is 0 Å². The van der Waals surface area contributed by atoms with Gasteiger partial charge in [-0.1, -0.05) is 102 Å². The fourth-order valence-corrected chi connectivity index (χ4v) is 12.8. The van der Waals surface area contributed by atoms with Crippen LogP contribution in [0.4, 0.5) is 15.4 Å². The summed E-state index contributed by atoms with van der Waals surface area (Å²) in [4.78, 5) is 29.4. The van der Waals surface area contributed by atoms with Crippen molar-refractivity contribution in [1.29, 1.82) is 0 Å². The Morgan fingerprint density at radius 2 is 1.20 bits per heavy atom. The van der Waals surface area contributed by atoms with Gasteiger partial charge in [-0.15, -0.1) is 10.2 Å². The molecule has 7 rings (SSSR count). The van der Waals surface area contributed by atoms with E-state index in [0.29, 0.717) is 44.8 Å². The highest BCUT2D eigenvalue weighted by Gasteiger charge is 2.47. The molecule has 0 saturated heterocycles. The Morgan fingerprint density at radius 1 is 0.671 bits per heavy atom. The van der Waals surface area contributed by atoms with E-state index in [1.807, 2.05) is 0 Å². The zero-order chi connectivity index (χ0) is 55.3. The molecule has 76 heavy (non-hydrogen) atoms. The third-order valence-corrected chi connectivity index (χ3v) is 16.2. The minimum atomic E-state index is -5.20. The van der Waals surface area contributed by atoms with Gasteiger partial charge in [0.15, 0.2) is 0 Å². The van der Waals surface area contributed by atoms with E-state index in [9.17, 15) is 19.8 Å². The summed E-state index contributed by atoms with van der Waals surface area (Å²) in [5.74, 6) is 1.48. The van der Waals surface area contributed by atoms with Crippen molar-refractivity contribution < 1.29 is 50.8 Å². The van der Waals surface area contributed by atoms with Crippen LogP contribution in [-0.2, 0) is 39.7 Å². The van der Waals surface area contributed by atoms with Crippen LogP contribution in [0.5, 0.6) is 17.2 Å². The molecule has 5 aromatic carbocycles. The summed E-state index contributed by atoms with van der Waals surface area (Å²) in [5, 5.41) is 39.3. The number of sulfonamides is 2. The van der Waals surface area contributed by atoms with Crippen LogP contribution in [-0.4, -0.2) is 108 Å². The maximum atomic E-state index is 16.5. The molecule has 23 heteroatoms. The molecule has 2 amide bonds. The second kappa shape index (κ2) is 22.5. The normalized spacial score (nSPS) is 13.4. The van der Waals surface area contributed by atoms with Crippen LogP contribution < -0.4 is 35.3 Å². The zero-order valence-electron chi connectivity index (χ0n) is 43.5. The number of pyridine rings is 1. The van der Waals surface area contributed by atoms with Gasteiger partial charge in [0.25, 0.3) is 0 Å². The van der Waals surface area contributed by atoms with Crippen LogP contribution in [0.2, 0.25) is 0 Å². The first-order valence-electron chi connectivity index (χ1n) is 23.8. The Hall–Kier alpha value is -7.86. The lowest BCUT2D eigenvalue weighted by molar-refractivity contribution is 0.120. The number of rotatable bonds is 20. The topological polar surface area (TPSA) is 292 Å². The number of carboxylic acid groups (broad SMARTS) is 2. The van der Waals surface area contributed by atoms with Gasteiger partial charge in [0, 0.05) is 30.1 Å². The number of amides is 2. The average Bonchev–Trinajstić information content (AvgIpc) is 3.89. The molecule has 0 fully saturated rings. The predicted molar refractivity (Wildman–Crippen MR) is 286 cm³/mol. The lowest BCUT2D eigenvalue weighted by atomic mass is 9.73. The fraction of sp³-hybridized carbons (Fsp3) is 0.321. The van der Waals surface area contributed by atoms with Crippen LogP contribution in [0, 0.1) is 10.8 Å². The number of fused-ring (bicyclic) bond motifs is 1. The molecule has 0 spiro atoms. The lowest BCUT2D eigenvalue weighted by Gasteiger charge is -2.45. The quantitative estimate of drug-likeness (QED) is 0.0428. The van der Waals surface area contributed by atoms with Crippen LogP contribution in [0.1, 0.15) is 58.2 Å². The van der Waals surface area contributed by atoms with E-state index in [4.69, 9.17) is 25.0 Å². The van der Waals surface area contributed by atoms with E-state index in [0.717, 1.165) is 15.9 Å². The number of hydrogen-bond donors (Lipinski definition) is 6. The Labute approximate surface area is 441 Å². The number of aromatic nitrogens is 5. The number of carbonyl (C=O) groups is 2. The largest absolute Gasteiger partial charge is 0.497 e. The Kier molecular flexibility index (Phi) is 16.6. The molecule has 0 saturated carbocycles. The van der Waals surface area contributed by atoms with Gasteiger partial charge in [0.2, 0.25) is 25.9 Å². The van der Waals surface area contributed by atoms with Crippen LogP contribution in [0.15, 0.2) is 125 Å². The van der Waals surface area contributed by atoms with Gasteiger partial charge in [-0.05, 0) is 92.9 Å². The van der Waals surface area contributed by atoms with E-state index in [-0.39, 0.29) is 42.4 Å². The summed E-state index contributed by atoms with van der Waals surface area (Å²) in [6.45, 7) is 9.35. The number of methoxy groups -OCH3 is 3. The Balaban J connectivity index is 1.58. The minimum absolute atomic E-state index is 0.0475. The summed E-state index contributed by atoms with van der Waals surface area (Å²) >= 11 is 0. The van der Waals surface area contributed by atoms with Crippen molar-refractivity contribution in [2.75, 3.05) is 27.1 Å². The first kappa shape index (κ1) is 55.9. The molecule has 0 radical (unpaired) electrons. The second-order valence-electron chi connectivity index (χ2n) is 20.1. The molecule has 0 aliphatic rings. The fourth-order valence-electron chi connectivity index (χ4n) is 8.88. The van der Waals surface area contributed by atoms with E-state index in [1.54, 1.807) is 145 Å². The number of hydrogen-bond acceptors (Lipinski definition) is 14. The van der Waals surface area contributed by atoms with Crippen molar-refractivity contribution in [3.63, 3.8) is 0 Å². The van der Waals surface area contributed by atoms with Crippen molar-refractivity contribution in [3.05, 3.63) is 132 Å². The number of ether oxygens (including phenoxy) is 3. The third kappa shape index (κ3) is 12.8. The van der Waals surface area contributed by atoms with Gasteiger partial charge in [-0.25, -0.2) is 36.1 Å². The van der Waals surface area contributed by atoms with E-state index < -0.39 is 71.0 Å². The molecule has 3 atom stereocenters. The highest BCUT2D eigenvalue weighted by atomic mass is 32.2. The maximum Gasteiger partial charge on any atom is 0.405 e. The lowest BCUT2D eigenvalue weighted by Crippen LogP contribution is -2.67. The standard InChI is InChI=1S/C53H62N10O11S2/c1-52(2,3)47(57-51(66)67)45(56-50(64)65)48(53(4,5)6)60-75(68,69)41-27-26-39(40-12-10-11-35-19-28-42(54)55-44(35)40)43(49-58-61-63(59-49)31-34-17-24-38(74-9)25-18-34)46(41)76(70,71)62(29-32-13-20-36(72-7)21-14-32)30-33-15-22-37(73-8)23-16-33/h10-28,45,47-48,56-57,60H,29-31H2,1-9H3,(H2,54,55)(H,64,65)(H,66,67). The molecule has 0 aliphatic heterocycles. The van der Waals surface area contributed by atoms with Gasteiger partial charge < -0.3 is 40.8 Å². The number of nitrogen functional groups attached to an aromatic ring is 1. The van der Waals surface area contributed by atoms with Crippen molar-refractivity contribution in [2.45, 2.75) is 89.1 Å². The smallest absolute Gasteiger partial charge is 0.405 e. The number of anilines is 1. The molecule has 2 aromatic heterocycles. The monoisotopic (exact) mass is 1080 g/mol. The number of nitrogens with zero attached hydrogens (tertiary/aromatic N) is 6. The molecule has 7 N–H and O–H groups in total. The van der Waals surface area contributed by atoms with Gasteiger partial charge in [-0.3, -0.25) is 0 Å². The second-order valence-corrected chi connectivity index (χ2v) is 23.7. The average molecular weight is 1080 g/mol. The summed E-state index contributed by atoms with van der Waals surface area (Å²) in [6, 6.07) is 27.4. The molecule has 402 valence electrons. The minimum Gasteiger partial charge on any atom is -0.497 e. The molecule has 3 unspecified atom stereocenters. The Bertz CT molecular complexity index is 3390. The summed E-state index contributed by atoms with van der Waals surface area (Å²) in [5.41, 5.74) is 6.34. The molecule has 0 bridgehead atoms. The predicted octanol–water partition coefficient (Wildman–Crippen LogP) is 7.61. The van der Waals surface area contributed by atoms with E-state index >= 15 is 16.8 Å². The van der Waals surface area contributed by atoms with Crippen molar-refractivity contribution >= 4 is 49.0 Å². The SMILES string of the molecule is COc1ccc(CN(Cc2ccc(OC)cc2)S(=O)(=O)c2c(S(=O)(=O)NC(C(NC(=O)O)C(NC(=O)O)C(C)(C)C)C(C)(C)C)ccc(-c3cccc4ccc(N)nc34)c2-c2nnn(Cc3ccc(OC)cc3)n2)cc1. The number of para-hydroxylation sites is 1. The van der Waals surface area contributed by atoms with Gasteiger partial charge >= 0.3 is 12.2 Å². The molecule has 2 heterocycles. The zero-order valence-corrected chi connectivity index (χ0v) is 45.1. The molecule has 7 aromatic rings. The number of nitrogens with two attached hydrogens (primary N) is 1. The molecule has 0 aliphatic carbocycles. The number of benzene rings is 5. The maximum absolute atomic E-state index is 16.5. The number of nitrogens with one attached hydrogen (secondary N) is 3. The van der Waals surface area contributed by atoms with Gasteiger partial charge in [0.05, 0.1) is 51.0 Å². The van der Waals surface area contributed by atoms with Crippen molar-refractivity contribution in [2.24, 2.45) is 10.8 Å². The van der Waals surface area contributed by atoms with E-state index in [1.165, 1.54) is 32.2 Å². The number of tetrazole rings is 1. The van der Waals surface area contributed by atoms with Crippen molar-refractivity contribution in [3.8, 4) is 39.8 Å². The molecular formula is C53H62N10O11S2. The summed E-state index contributed by atoms with van der Waals surface area (Å²) in [7, 11) is -5.83. The summed E-state index contributed by atoms with van der Waals surface area (Å²) in [6.07, 6.45) is -3.07. The van der Waals surface area contributed by atoms with Gasteiger partial charge in [-0.2, -0.15) is 9.10 Å². The van der Waals surface area contributed by atoms with Crippen LogP contribution in [0.3, 0.4) is 0 Å². The molecule has 21 nitrogen and oxygen atoms in total. The van der Waals surface area contributed by atoms with Gasteiger partial charge in [0.1, 0.15) is 32.9 Å². The van der Waals surface area contributed by atoms with Crippen LogP contribution in [0.25, 0.3) is 33.4 Å². The molecular weight excluding hydrogens is 1020 g/mol. The summed E-state index contributed by atoms with van der Waals surface area (Å²) < 4.78 is 84.8. The highest BCUT2D eigenvalue weighted by Crippen LogP contribution is 2.44. The Morgan fingerprint density at radius 3 is 1.70 bits per heavy atom.